The van der Waals surface area contributed by atoms with E-state index < -0.39 is 11.9 Å². The number of pyridine rings is 1. The van der Waals surface area contributed by atoms with Crippen molar-refractivity contribution < 1.29 is 19.1 Å². The molecule has 4 heterocycles. The second-order valence-electron chi connectivity index (χ2n) is 10.3. The van der Waals surface area contributed by atoms with Gasteiger partial charge in [0.05, 0.1) is 5.02 Å². The topological polar surface area (TPSA) is 91.8 Å². The molecule has 3 atom stereocenters. The maximum absolute atomic E-state index is 13.0. The van der Waals surface area contributed by atoms with Gasteiger partial charge in [0, 0.05) is 56.0 Å². The molecule has 1 aliphatic carbocycles. The van der Waals surface area contributed by atoms with E-state index in [1.54, 1.807) is 11.1 Å². The molecule has 2 saturated heterocycles. The molecule has 0 spiro atoms. The normalized spacial score (nSPS) is 27.0. The van der Waals surface area contributed by atoms with Crippen LogP contribution in [0, 0.1) is 0 Å². The van der Waals surface area contributed by atoms with Gasteiger partial charge in [0.25, 0.3) is 5.91 Å². The van der Waals surface area contributed by atoms with Gasteiger partial charge in [-0.15, -0.1) is 0 Å². The molecular weight excluding hydrogens is 480 g/mol. The summed E-state index contributed by atoms with van der Waals surface area (Å²) < 4.78 is 6.53. The fraction of sp³-hybridized carbons (Fsp3) is 0.481. The van der Waals surface area contributed by atoms with Gasteiger partial charge in [-0.25, -0.2) is 0 Å². The molecule has 2 unspecified atom stereocenters. The SMILES string of the molecule is O=C1CCC(N2Cc3cc(O[C@@H]4CCCCC4N4CC(c5cncc(Cl)c5)C4)ccc3C2=O)C(=O)N1. The number of nitrogens with zero attached hydrogens (tertiary/aromatic N) is 3. The van der Waals surface area contributed by atoms with Crippen LogP contribution in [-0.2, 0) is 16.1 Å². The molecule has 1 N–H and O–H groups in total. The number of imide groups is 1. The van der Waals surface area contributed by atoms with Gasteiger partial charge in [0.15, 0.2) is 0 Å². The number of carbonyl (C=O) groups excluding carboxylic acids is 3. The number of aromatic nitrogens is 1. The van der Waals surface area contributed by atoms with Gasteiger partial charge >= 0.3 is 0 Å². The first-order chi connectivity index (χ1) is 17.5. The van der Waals surface area contributed by atoms with Gasteiger partial charge in [0.2, 0.25) is 11.8 Å². The molecule has 4 aliphatic rings. The van der Waals surface area contributed by atoms with Crippen molar-refractivity contribution in [3.05, 3.63) is 58.4 Å². The molecule has 1 saturated carbocycles. The number of benzene rings is 1. The molecular formula is C27H29ClN4O4. The van der Waals surface area contributed by atoms with Crippen LogP contribution in [0.3, 0.4) is 0 Å². The average Bonchev–Trinajstić information content (AvgIpc) is 3.15. The van der Waals surface area contributed by atoms with Crippen molar-refractivity contribution in [2.24, 2.45) is 0 Å². The first kappa shape index (κ1) is 23.4. The van der Waals surface area contributed by atoms with Crippen LogP contribution in [0.2, 0.25) is 5.02 Å². The van der Waals surface area contributed by atoms with Gasteiger partial charge in [-0.2, -0.15) is 0 Å². The first-order valence-corrected chi connectivity index (χ1v) is 13.1. The largest absolute Gasteiger partial charge is 0.489 e. The van der Waals surface area contributed by atoms with E-state index in [-0.39, 0.29) is 24.3 Å². The van der Waals surface area contributed by atoms with Crippen LogP contribution in [-0.4, -0.2) is 63.8 Å². The Balaban J connectivity index is 1.12. The van der Waals surface area contributed by atoms with E-state index in [0.29, 0.717) is 35.5 Å². The lowest BCUT2D eigenvalue weighted by Gasteiger charge is -2.48. The Kier molecular flexibility index (Phi) is 6.17. The number of ether oxygens (including phenoxy) is 1. The summed E-state index contributed by atoms with van der Waals surface area (Å²) in [4.78, 5) is 45.1. The van der Waals surface area contributed by atoms with Crippen molar-refractivity contribution in [1.29, 1.82) is 0 Å². The van der Waals surface area contributed by atoms with Gasteiger partial charge in [-0.05, 0) is 61.1 Å². The summed E-state index contributed by atoms with van der Waals surface area (Å²) in [6, 6.07) is 7.38. The minimum Gasteiger partial charge on any atom is -0.489 e. The molecule has 0 radical (unpaired) electrons. The minimum absolute atomic E-state index is 0.0959. The Labute approximate surface area is 214 Å². The predicted molar refractivity (Wildman–Crippen MR) is 133 cm³/mol. The maximum atomic E-state index is 13.0. The summed E-state index contributed by atoms with van der Waals surface area (Å²) in [5.41, 5.74) is 2.66. The van der Waals surface area contributed by atoms with E-state index in [0.717, 1.165) is 43.7 Å². The molecule has 1 aromatic carbocycles. The molecule has 3 aliphatic heterocycles. The fourth-order valence-corrected chi connectivity index (χ4v) is 6.26. The number of rotatable bonds is 5. The lowest BCUT2D eigenvalue weighted by molar-refractivity contribution is -0.136. The van der Waals surface area contributed by atoms with E-state index in [4.69, 9.17) is 16.3 Å². The zero-order valence-electron chi connectivity index (χ0n) is 20.0. The summed E-state index contributed by atoms with van der Waals surface area (Å²) in [6.45, 7) is 2.31. The smallest absolute Gasteiger partial charge is 0.255 e. The van der Waals surface area contributed by atoms with E-state index in [9.17, 15) is 14.4 Å². The van der Waals surface area contributed by atoms with Crippen LogP contribution in [0.25, 0.3) is 0 Å². The third-order valence-corrected chi connectivity index (χ3v) is 8.23. The van der Waals surface area contributed by atoms with E-state index in [2.05, 4.69) is 15.2 Å². The van der Waals surface area contributed by atoms with Crippen molar-refractivity contribution in [3.63, 3.8) is 0 Å². The minimum atomic E-state index is -0.608. The zero-order chi connectivity index (χ0) is 24.8. The summed E-state index contributed by atoms with van der Waals surface area (Å²) >= 11 is 6.13. The van der Waals surface area contributed by atoms with Crippen LogP contribution in [0.5, 0.6) is 5.75 Å². The van der Waals surface area contributed by atoms with Gasteiger partial charge in [-0.1, -0.05) is 18.0 Å². The highest BCUT2D eigenvalue weighted by atomic mass is 35.5. The maximum Gasteiger partial charge on any atom is 0.255 e. The van der Waals surface area contributed by atoms with E-state index in [1.807, 2.05) is 30.5 Å². The summed E-state index contributed by atoms with van der Waals surface area (Å²) in [5, 5.41) is 3.03. The highest BCUT2D eigenvalue weighted by Crippen LogP contribution is 2.37. The number of hydrogen-bond donors (Lipinski definition) is 1. The molecule has 3 amide bonds. The van der Waals surface area contributed by atoms with Gasteiger partial charge < -0.3 is 9.64 Å². The van der Waals surface area contributed by atoms with Crippen LogP contribution in [0.1, 0.15) is 65.9 Å². The summed E-state index contributed by atoms with van der Waals surface area (Å²) in [6.07, 6.45) is 8.74. The molecule has 188 valence electrons. The lowest BCUT2D eigenvalue weighted by Crippen LogP contribution is -2.57. The molecule has 3 fully saturated rings. The molecule has 6 rings (SSSR count). The Bertz CT molecular complexity index is 1210. The Morgan fingerprint density at radius 2 is 1.86 bits per heavy atom. The number of nitrogens with one attached hydrogen (secondary N) is 1. The van der Waals surface area contributed by atoms with Crippen molar-refractivity contribution in [1.82, 2.24) is 20.1 Å². The van der Waals surface area contributed by atoms with Crippen LogP contribution in [0.15, 0.2) is 36.7 Å². The number of halogens is 1. The van der Waals surface area contributed by atoms with Gasteiger partial charge in [-0.3, -0.25) is 29.6 Å². The Morgan fingerprint density at radius 1 is 1.03 bits per heavy atom. The molecule has 8 nitrogen and oxygen atoms in total. The van der Waals surface area contributed by atoms with E-state index >= 15 is 0 Å². The van der Waals surface area contributed by atoms with E-state index in [1.165, 1.54) is 12.0 Å². The molecule has 2 aromatic rings. The summed E-state index contributed by atoms with van der Waals surface area (Å²) in [7, 11) is 0. The highest BCUT2D eigenvalue weighted by Gasteiger charge is 2.41. The lowest BCUT2D eigenvalue weighted by atomic mass is 9.85. The third-order valence-electron chi connectivity index (χ3n) is 8.03. The monoisotopic (exact) mass is 508 g/mol. The number of carbonyl (C=O) groups is 3. The number of fused-ring (bicyclic) bond motifs is 1. The van der Waals surface area contributed by atoms with Crippen molar-refractivity contribution in [2.45, 2.75) is 69.2 Å². The number of hydrogen-bond acceptors (Lipinski definition) is 6. The number of amides is 3. The molecule has 1 aromatic heterocycles. The molecule has 0 bridgehead atoms. The quantitative estimate of drug-likeness (QED) is 0.623. The fourth-order valence-electron chi connectivity index (χ4n) is 6.08. The molecule has 9 heteroatoms. The van der Waals surface area contributed by atoms with Crippen LogP contribution >= 0.6 is 11.6 Å². The van der Waals surface area contributed by atoms with Crippen molar-refractivity contribution >= 4 is 29.3 Å². The van der Waals surface area contributed by atoms with Crippen LogP contribution < -0.4 is 10.1 Å². The Morgan fingerprint density at radius 3 is 2.67 bits per heavy atom. The van der Waals surface area contributed by atoms with Crippen molar-refractivity contribution in [3.8, 4) is 5.75 Å². The average molecular weight is 509 g/mol. The van der Waals surface area contributed by atoms with Crippen LogP contribution in [0.4, 0.5) is 0 Å². The summed E-state index contributed by atoms with van der Waals surface area (Å²) in [5.74, 6) is 0.373. The van der Waals surface area contributed by atoms with Gasteiger partial charge in [0.1, 0.15) is 17.9 Å². The number of piperidine rings is 1. The standard InChI is InChI=1S/C27H29ClN4O4/c28-19-9-16(11-29-12-19)18-13-31(14-18)22-3-1-2-4-24(22)36-20-5-6-21-17(10-20)15-32(27(21)35)23-7-8-25(33)30-26(23)34/h5-6,9-12,18,22-24H,1-4,7-8,13-15H2,(H,30,33,34)/t22?,23?,24-/m1/s1. The zero-order valence-corrected chi connectivity index (χ0v) is 20.7. The number of likely N-dealkylation sites (tertiary alicyclic amines) is 1. The molecule has 36 heavy (non-hydrogen) atoms. The third kappa shape index (κ3) is 4.37. The highest BCUT2D eigenvalue weighted by molar-refractivity contribution is 6.30. The predicted octanol–water partition coefficient (Wildman–Crippen LogP) is 3.29. The first-order valence-electron chi connectivity index (χ1n) is 12.7. The Hall–Kier alpha value is -2.97. The second kappa shape index (κ2) is 9.48. The second-order valence-corrected chi connectivity index (χ2v) is 10.8. The van der Waals surface area contributed by atoms with Crippen molar-refractivity contribution in [2.75, 3.05) is 13.1 Å².